The van der Waals surface area contributed by atoms with Crippen molar-refractivity contribution in [1.82, 2.24) is 15.3 Å². The van der Waals surface area contributed by atoms with Crippen LogP contribution in [0, 0.1) is 5.92 Å². The second-order valence-electron chi connectivity index (χ2n) is 7.56. The molecule has 1 saturated carbocycles. The molecule has 5 nitrogen and oxygen atoms in total. The summed E-state index contributed by atoms with van der Waals surface area (Å²) in [6.07, 6.45) is 2.03. The van der Waals surface area contributed by atoms with Crippen LogP contribution in [0.3, 0.4) is 0 Å². The zero-order chi connectivity index (χ0) is 22.6. The van der Waals surface area contributed by atoms with E-state index in [0.29, 0.717) is 11.9 Å². The Labute approximate surface area is 183 Å². The third-order valence-corrected chi connectivity index (χ3v) is 5.77. The fraction of sp³-hybridized carbons (Fsp3) is 0.364. The molecular formula is C22H24ClF3N4O. The van der Waals surface area contributed by atoms with Crippen molar-refractivity contribution in [2.75, 3.05) is 11.9 Å². The van der Waals surface area contributed by atoms with Crippen LogP contribution in [0.1, 0.15) is 53.0 Å². The minimum absolute atomic E-state index is 0.000351. The largest absolute Gasteiger partial charge is 0.416 e. The van der Waals surface area contributed by atoms with Gasteiger partial charge < -0.3 is 15.6 Å². The second-order valence-corrected chi connectivity index (χ2v) is 7.96. The molecule has 31 heavy (non-hydrogen) atoms. The van der Waals surface area contributed by atoms with Gasteiger partial charge in [0.2, 0.25) is 5.95 Å². The van der Waals surface area contributed by atoms with Gasteiger partial charge in [-0.1, -0.05) is 24.8 Å². The fourth-order valence-electron chi connectivity index (χ4n) is 3.69. The van der Waals surface area contributed by atoms with Crippen molar-refractivity contribution in [2.24, 2.45) is 5.92 Å². The first-order valence-corrected chi connectivity index (χ1v) is 10.4. The Bertz CT molecular complexity index is 937. The summed E-state index contributed by atoms with van der Waals surface area (Å²) in [7, 11) is 0. The van der Waals surface area contributed by atoms with Crippen molar-refractivity contribution in [3.63, 3.8) is 0 Å². The molecule has 3 N–H and O–H groups in total. The van der Waals surface area contributed by atoms with E-state index >= 15 is 0 Å². The summed E-state index contributed by atoms with van der Waals surface area (Å²) in [6, 6.07) is 2.67. The summed E-state index contributed by atoms with van der Waals surface area (Å²) in [5.41, 5.74) is 0.484. The highest BCUT2D eigenvalue weighted by molar-refractivity contribution is 6.33. The summed E-state index contributed by atoms with van der Waals surface area (Å²) in [5, 5.41) is 6.10. The van der Waals surface area contributed by atoms with Gasteiger partial charge in [0.1, 0.15) is 0 Å². The number of hydrogen-bond donors (Lipinski definition) is 3. The highest BCUT2D eigenvalue weighted by Crippen LogP contribution is 2.32. The van der Waals surface area contributed by atoms with Crippen molar-refractivity contribution >= 4 is 35.6 Å². The number of anilines is 1. The molecule has 0 saturated heterocycles. The van der Waals surface area contributed by atoms with Crippen LogP contribution in [0.25, 0.3) is 12.2 Å². The van der Waals surface area contributed by atoms with Crippen LogP contribution in [0.2, 0.25) is 5.02 Å². The van der Waals surface area contributed by atoms with Gasteiger partial charge in [-0.15, -0.1) is 0 Å². The number of rotatable bonds is 7. The van der Waals surface area contributed by atoms with Gasteiger partial charge in [-0.05, 0) is 62.0 Å². The predicted octanol–water partition coefficient (Wildman–Crippen LogP) is 5.77. The van der Waals surface area contributed by atoms with E-state index in [2.05, 4.69) is 33.8 Å². The molecular weight excluding hydrogens is 429 g/mol. The Morgan fingerprint density at radius 3 is 2.52 bits per heavy atom. The molecule has 0 spiro atoms. The van der Waals surface area contributed by atoms with Crippen LogP contribution < -0.4 is 10.6 Å². The number of amides is 1. The highest BCUT2D eigenvalue weighted by Gasteiger charge is 2.32. The number of nitrogens with zero attached hydrogens (tertiary/aromatic N) is 1. The lowest BCUT2D eigenvalue weighted by Gasteiger charge is -2.29. The van der Waals surface area contributed by atoms with Crippen molar-refractivity contribution < 1.29 is 18.0 Å². The van der Waals surface area contributed by atoms with Crippen LogP contribution in [-0.2, 0) is 6.18 Å². The number of carbonyl (C=O) groups excluding carboxylic acids is 1. The van der Waals surface area contributed by atoms with Gasteiger partial charge >= 0.3 is 6.18 Å². The first kappa shape index (κ1) is 22.9. The van der Waals surface area contributed by atoms with Crippen LogP contribution in [-0.4, -0.2) is 28.5 Å². The zero-order valence-corrected chi connectivity index (χ0v) is 17.6. The lowest BCUT2D eigenvalue weighted by atomic mass is 9.86. The second kappa shape index (κ2) is 9.60. The Hall–Kier alpha value is -2.74. The Morgan fingerprint density at radius 1 is 1.23 bits per heavy atom. The summed E-state index contributed by atoms with van der Waals surface area (Å²) in [5.74, 6) is 0.469. The molecule has 1 aliphatic carbocycles. The monoisotopic (exact) mass is 452 g/mol. The molecule has 1 aliphatic rings. The number of H-pyrrole nitrogens is 1. The SMILES string of the molecule is C=Cc1nc(NCC2CCC(NC(=O)c3cc(C(F)(F)F)ccc3Cl)CC2)[nH]c1C=C. The van der Waals surface area contributed by atoms with E-state index in [-0.39, 0.29) is 16.6 Å². The highest BCUT2D eigenvalue weighted by atomic mass is 35.5. The minimum atomic E-state index is -4.53. The molecule has 0 aliphatic heterocycles. The smallest absolute Gasteiger partial charge is 0.356 e. The zero-order valence-electron chi connectivity index (χ0n) is 16.9. The number of halogens is 4. The number of aromatic amines is 1. The van der Waals surface area contributed by atoms with Gasteiger partial charge in [-0.3, -0.25) is 4.79 Å². The van der Waals surface area contributed by atoms with E-state index in [1.807, 2.05) is 0 Å². The van der Waals surface area contributed by atoms with E-state index < -0.39 is 17.6 Å². The molecule has 1 fully saturated rings. The molecule has 1 heterocycles. The minimum Gasteiger partial charge on any atom is -0.356 e. The fourth-order valence-corrected chi connectivity index (χ4v) is 3.89. The molecule has 2 aromatic rings. The van der Waals surface area contributed by atoms with Gasteiger partial charge in [0.25, 0.3) is 5.91 Å². The van der Waals surface area contributed by atoms with Crippen LogP contribution in [0.5, 0.6) is 0 Å². The van der Waals surface area contributed by atoms with Crippen LogP contribution in [0.15, 0.2) is 31.4 Å². The van der Waals surface area contributed by atoms with Crippen molar-refractivity contribution in [3.05, 3.63) is 58.9 Å². The van der Waals surface area contributed by atoms with Crippen molar-refractivity contribution in [2.45, 2.75) is 37.9 Å². The number of hydrogen-bond acceptors (Lipinski definition) is 3. The maximum absolute atomic E-state index is 12.9. The van der Waals surface area contributed by atoms with E-state index in [1.165, 1.54) is 0 Å². The van der Waals surface area contributed by atoms with E-state index in [1.54, 1.807) is 12.2 Å². The summed E-state index contributed by atoms with van der Waals surface area (Å²) >= 11 is 5.96. The Morgan fingerprint density at radius 2 is 1.94 bits per heavy atom. The number of benzene rings is 1. The van der Waals surface area contributed by atoms with E-state index in [9.17, 15) is 18.0 Å². The number of alkyl halides is 3. The first-order valence-electron chi connectivity index (χ1n) is 9.97. The maximum Gasteiger partial charge on any atom is 0.416 e. The standard InChI is InChI=1S/C22H24ClF3N4O/c1-3-18-19(4-2)30-21(29-18)27-12-13-5-8-15(9-6-13)28-20(31)16-11-14(22(24,25)26)7-10-17(16)23/h3-4,7,10-11,13,15H,1-2,5-6,8-9,12H2,(H,28,31)(H2,27,29,30). The lowest BCUT2D eigenvalue weighted by Crippen LogP contribution is -2.38. The van der Waals surface area contributed by atoms with Crippen LogP contribution >= 0.6 is 11.6 Å². The lowest BCUT2D eigenvalue weighted by molar-refractivity contribution is -0.137. The Balaban J connectivity index is 1.51. The molecule has 0 radical (unpaired) electrons. The van der Waals surface area contributed by atoms with Crippen LogP contribution in [0.4, 0.5) is 19.1 Å². The summed E-state index contributed by atoms with van der Waals surface area (Å²) < 4.78 is 38.8. The maximum atomic E-state index is 12.9. The van der Waals surface area contributed by atoms with Gasteiger partial charge in [0.15, 0.2) is 0 Å². The first-order chi connectivity index (χ1) is 14.7. The molecule has 0 bridgehead atoms. The van der Waals surface area contributed by atoms with Crippen molar-refractivity contribution in [1.29, 1.82) is 0 Å². The van der Waals surface area contributed by atoms with Gasteiger partial charge in [0, 0.05) is 12.6 Å². The summed E-state index contributed by atoms with van der Waals surface area (Å²) in [6.45, 7) is 8.18. The van der Waals surface area contributed by atoms with Crippen molar-refractivity contribution in [3.8, 4) is 0 Å². The molecule has 0 atom stereocenters. The molecule has 1 aromatic heterocycles. The molecule has 1 amide bonds. The number of carbonyl (C=O) groups is 1. The molecule has 0 unspecified atom stereocenters. The number of imidazole rings is 1. The molecule has 1 aromatic carbocycles. The van der Waals surface area contributed by atoms with Gasteiger partial charge in [-0.2, -0.15) is 13.2 Å². The third-order valence-electron chi connectivity index (χ3n) is 5.44. The quantitative estimate of drug-likeness (QED) is 0.499. The molecule has 3 rings (SSSR count). The average Bonchev–Trinajstić information content (AvgIpc) is 3.15. The molecule has 166 valence electrons. The predicted molar refractivity (Wildman–Crippen MR) is 117 cm³/mol. The Kier molecular flexibility index (Phi) is 7.10. The summed E-state index contributed by atoms with van der Waals surface area (Å²) in [4.78, 5) is 20.0. The average molecular weight is 453 g/mol. The van der Waals surface area contributed by atoms with Gasteiger partial charge in [0.05, 0.1) is 27.5 Å². The number of aromatic nitrogens is 2. The molecule has 9 heteroatoms. The third kappa shape index (κ3) is 5.70. The topological polar surface area (TPSA) is 69.8 Å². The van der Waals surface area contributed by atoms with E-state index in [4.69, 9.17) is 11.6 Å². The number of nitrogens with one attached hydrogen (secondary N) is 3. The van der Waals surface area contributed by atoms with E-state index in [0.717, 1.165) is 61.8 Å². The van der Waals surface area contributed by atoms with Gasteiger partial charge in [-0.25, -0.2) is 4.98 Å². The normalized spacial score (nSPS) is 19.0.